The van der Waals surface area contributed by atoms with Gasteiger partial charge in [-0.2, -0.15) is 0 Å². The Morgan fingerprint density at radius 1 is 0.926 bits per heavy atom. The van der Waals surface area contributed by atoms with Gasteiger partial charge in [0.15, 0.2) is 0 Å². The molecule has 2 aromatic carbocycles. The number of para-hydroxylation sites is 1. The highest BCUT2D eigenvalue weighted by molar-refractivity contribution is 7.99. The topological polar surface area (TPSA) is 71.1 Å². The van der Waals surface area contributed by atoms with Crippen LogP contribution < -0.4 is 10.6 Å². The molecule has 0 unspecified atom stereocenters. The number of benzene rings is 2. The largest absolute Gasteiger partial charge is 0.325 e. The van der Waals surface area contributed by atoms with E-state index in [1.165, 1.54) is 36.0 Å². The zero-order valence-electron chi connectivity index (χ0n) is 14.2. The molecule has 0 radical (unpaired) electrons. The van der Waals surface area contributed by atoms with Crippen LogP contribution in [0.4, 0.5) is 15.8 Å². The van der Waals surface area contributed by atoms with E-state index >= 15 is 0 Å². The monoisotopic (exact) mass is 381 g/mol. The first kappa shape index (κ1) is 18.6. The zero-order valence-corrected chi connectivity index (χ0v) is 15.0. The van der Waals surface area contributed by atoms with Crippen molar-refractivity contribution in [1.82, 2.24) is 4.98 Å². The zero-order chi connectivity index (χ0) is 19.1. The van der Waals surface area contributed by atoms with Gasteiger partial charge in [-0.15, -0.1) is 0 Å². The first-order chi connectivity index (χ1) is 13.1. The molecular weight excluding hydrogens is 365 g/mol. The number of pyridine rings is 1. The fraction of sp³-hybridized carbons (Fsp3) is 0.0500. The van der Waals surface area contributed by atoms with E-state index in [2.05, 4.69) is 15.6 Å². The Morgan fingerprint density at radius 2 is 1.67 bits per heavy atom. The summed E-state index contributed by atoms with van der Waals surface area (Å²) in [5.74, 6) is -0.848. The maximum atomic E-state index is 13.0. The molecule has 3 aromatic rings. The van der Waals surface area contributed by atoms with Crippen LogP contribution in [-0.2, 0) is 4.79 Å². The highest BCUT2D eigenvalue weighted by atomic mass is 32.2. The van der Waals surface area contributed by atoms with E-state index in [4.69, 9.17) is 0 Å². The lowest BCUT2D eigenvalue weighted by molar-refractivity contribution is -0.113. The number of anilines is 2. The van der Waals surface area contributed by atoms with Gasteiger partial charge in [-0.25, -0.2) is 9.37 Å². The Morgan fingerprint density at radius 3 is 2.41 bits per heavy atom. The van der Waals surface area contributed by atoms with Crippen LogP contribution in [0.15, 0.2) is 78.0 Å². The molecule has 0 saturated carbocycles. The van der Waals surface area contributed by atoms with Crippen molar-refractivity contribution in [1.29, 1.82) is 0 Å². The third kappa shape index (κ3) is 5.39. The molecule has 5 nitrogen and oxygen atoms in total. The smallest absolute Gasteiger partial charge is 0.257 e. The number of hydrogen-bond donors (Lipinski definition) is 2. The van der Waals surface area contributed by atoms with Crippen LogP contribution in [-0.4, -0.2) is 22.6 Å². The average Bonchev–Trinajstić information content (AvgIpc) is 2.69. The molecule has 7 heteroatoms. The number of amides is 2. The summed E-state index contributed by atoms with van der Waals surface area (Å²) >= 11 is 1.31. The molecule has 1 aromatic heterocycles. The summed E-state index contributed by atoms with van der Waals surface area (Å²) < 4.78 is 13.0. The van der Waals surface area contributed by atoms with E-state index in [-0.39, 0.29) is 17.5 Å². The Bertz CT molecular complexity index is 933. The summed E-state index contributed by atoms with van der Waals surface area (Å²) in [5.41, 5.74) is 1.19. The highest BCUT2D eigenvalue weighted by Crippen LogP contribution is 2.19. The summed E-state index contributed by atoms with van der Waals surface area (Å²) in [6, 6.07) is 17.6. The SMILES string of the molecule is O=C(CSc1ccccn1)Nc1ccccc1C(=O)Nc1ccc(F)cc1. The van der Waals surface area contributed by atoms with Gasteiger partial charge in [0.25, 0.3) is 5.91 Å². The average molecular weight is 381 g/mol. The van der Waals surface area contributed by atoms with E-state index in [9.17, 15) is 14.0 Å². The number of nitrogens with one attached hydrogen (secondary N) is 2. The maximum absolute atomic E-state index is 13.0. The van der Waals surface area contributed by atoms with Gasteiger partial charge >= 0.3 is 0 Å². The minimum absolute atomic E-state index is 0.172. The molecule has 2 amide bonds. The van der Waals surface area contributed by atoms with Crippen LogP contribution in [0.1, 0.15) is 10.4 Å². The molecule has 0 saturated heterocycles. The van der Waals surface area contributed by atoms with Crippen LogP contribution in [0.2, 0.25) is 0 Å². The highest BCUT2D eigenvalue weighted by Gasteiger charge is 2.13. The van der Waals surface area contributed by atoms with Crippen LogP contribution in [0.25, 0.3) is 0 Å². The van der Waals surface area contributed by atoms with E-state index in [1.54, 1.807) is 36.5 Å². The van der Waals surface area contributed by atoms with Crippen LogP contribution in [0.3, 0.4) is 0 Å². The molecule has 3 rings (SSSR count). The van der Waals surface area contributed by atoms with Crippen molar-refractivity contribution in [3.63, 3.8) is 0 Å². The second kappa shape index (κ2) is 8.95. The number of thioether (sulfide) groups is 1. The molecular formula is C20H16FN3O2S. The van der Waals surface area contributed by atoms with E-state index in [1.807, 2.05) is 12.1 Å². The van der Waals surface area contributed by atoms with Gasteiger partial charge in [0, 0.05) is 11.9 Å². The predicted octanol–water partition coefficient (Wildman–Crippen LogP) is 4.20. The molecule has 0 fully saturated rings. The first-order valence-corrected chi connectivity index (χ1v) is 9.10. The molecule has 136 valence electrons. The predicted molar refractivity (Wildman–Crippen MR) is 104 cm³/mol. The molecule has 27 heavy (non-hydrogen) atoms. The van der Waals surface area contributed by atoms with Gasteiger partial charge in [-0.3, -0.25) is 9.59 Å². The number of hydrogen-bond acceptors (Lipinski definition) is 4. The number of rotatable bonds is 6. The van der Waals surface area contributed by atoms with Gasteiger partial charge in [0.1, 0.15) is 5.82 Å². The molecule has 1 heterocycles. The Hall–Kier alpha value is -3.19. The van der Waals surface area contributed by atoms with Gasteiger partial charge in [-0.05, 0) is 48.5 Å². The minimum Gasteiger partial charge on any atom is -0.325 e. The lowest BCUT2D eigenvalue weighted by atomic mass is 10.1. The van der Waals surface area contributed by atoms with Crippen LogP contribution in [0, 0.1) is 5.82 Å². The lowest BCUT2D eigenvalue weighted by Gasteiger charge is -2.11. The maximum Gasteiger partial charge on any atom is 0.257 e. The summed E-state index contributed by atoms with van der Waals surface area (Å²) in [7, 11) is 0. The van der Waals surface area contributed by atoms with Crippen molar-refractivity contribution in [2.45, 2.75) is 5.03 Å². The number of aromatic nitrogens is 1. The summed E-state index contributed by atoms with van der Waals surface area (Å²) in [4.78, 5) is 28.9. The van der Waals surface area contributed by atoms with Crippen LogP contribution in [0.5, 0.6) is 0 Å². The minimum atomic E-state index is -0.394. The second-order valence-electron chi connectivity index (χ2n) is 5.51. The van der Waals surface area contributed by atoms with Crippen molar-refractivity contribution in [3.8, 4) is 0 Å². The number of halogens is 1. The lowest BCUT2D eigenvalue weighted by Crippen LogP contribution is -2.19. The molecule has 0 bridgehead atoms. The summed E-state index contributed by atoms with van der Waals surface area (Å²) in [6.07, 6.45) is 1.66. The fourth-order valence-electron chi connectivity index (χ4n) is 2.28. The summed E-state index contributed by atoms with van der Waals surface area (Å²) in [5, 5.41) is 6.18. The van der Waals surface area contributed by atoms with E-state index in [0.29, 0.717) is 16.9 Å². The van der Waals surface area contributed by atoms with Crippen molar-refractivity contribution in [3.05, 3.63) is 84.3 Å². The third-order valence-corrected chi connectivity index (χ3v) is 4.48. The van der Waals surface area contributed by atoms with Gasteiger partial charge in [-0.1, -0.05) is 30.0 Å². The second-order valence-corrected chi connectivity index (χ2v) is 6.51. The quantitative estimate of drug-likeness (QED) is 0.628. The Balaban J connectivity index is 1.65. The van der Waals surface area contributed by atoms with Crippen molar-refractivity contribution in [2.75, 3.05) is 16.4 Å². The summed E-state index contributed by atoms with van der Waals surface area (Å²) in [6.45, 7) is 0. The molecule has 0 atom stereocenters. The number of nitrogens with zero attached hydrogens (tertiary/aromatic N) is 1. The molecule has 2 N–H and O–H groups in total. The number of carbonyl (C=O) groups excluding carboxylic acids is 2. The number of carbonyl (C=O) groups is 2. The standard InChI is InChI=1S/C20H16FN3O2S/c21-14-8-10-15(11-9-14)23-20(26)16-5-1-2-6-17(16)24-18(25)13-27-19-7-3-4-12-22-19/h1-12H,13H2,(H,23,26)(H,24,25). The van der Waals surface area contributed by atoms with Crippen molar-refractivity contribution >= 4 is 35.0 Å². The van der Waals surface area contributed by atoms with E-state index < -0.39 is 5.91 Å². The normalized spacial score (nSPS) is 10.3. The molecule has 0 spiro atoms. The molecule has 0 aliphatic heterocycles. The van der Waals surface area contributed by atoms with Crippen molar-refractivity contribution < 1.29 is 14.0 Å². The van der Waals surface area contributed by atoms with Gasteiger partial charge in [0.05, 0.1) is 22.0 Å². The Labute approximate surface area is 160 Å². The fourth-order valence-corrected chi connectivity index (χ4v) is 2.94. The van der Waals surface area contributed by atoms with Gasteiger partial charge in [0.2, 0.25) is 5.91 Å². The van der Waals surface area contributed by atoms with Crippen LogP contribution >= 0.6 is 11.8 Å². The van der Waals surface area contributed by atoms with Gasteiger partial charge < -0.3 is 10.6 Å². The Kier molecular flexibility index (Phi) is 6.17. The molecule has 0 aliphatic carbocycles. The molecule has 0 aliphatic rings. The van der Waals surface area contributed by atoms with Crippen molar-refractivity contribution in [2.24, 2.45) is 0 Å². The third-order valence-electron chi connectivity index (χ3n) is 3.54. The van der Waals surface area contributed by atoms with E-state index in [0.717, 1.165) is 5.03 Å². The first-order valence-electron chi connectivity index (χ1n) is 8.11.